The van der Waals surface area contributed by atoms with Gasteiger partial charge < -0.3 is 9.64 Å². The van der Waals surface area contributed by atoms with E-state index in [0.717, 1.165) is 26.0 Å². The highest BCUT2D eigenvalue weighted by Crippen LogP contribution is 2.30. The molecule has 17 heavy (non-hydrogen) atoms. The Morgan fingerprint density at radius 2 is 2.12 bits per heavy atom. The van der Waals surface area contributed by atoms with Gasteiger partial charge in [-0.15, -0.1) is 0 Å². The number of ether oxygens (including phenoxy) is 1. The molecule has 1 saturated heterocycles. The van der Waals surface area contributed by atoms with Gasteiger partial charge >= 0.3 is 0 Å². The fraction of sp³-hybridized carbons (Fsp3) is 0.733. The largest absolute Gasteiger partial charge is 0.375 e. The summed E-state index contributed by atoms with van der Waals surface area (Å²) in [5.74, 6) is 0. The average molecular weight is 237 g/mol. The molecule has 0 spiro atoms. The van der Waals surface area contributed by atoms with Crippen LogP contribution in [0.15, 0.2) is 23.9 Å². The Balaban J connectivity index is 2.87. The fourth-order valence-corrected chi connectivity index (χ4v) is 2.70. The minimum atomic E-state index is 0.00423. The molecule has 0 aromatic carbocycles. The third-order valence-corrected chi connectivity index (χ3v) is 3.47. The van der Waals surface area contributed by atoms with E-state index in [1.165, 1.54) is 11.3 Å². The first-order valence-corrected chi connectivity index (χ1v) is 6.61. The number of rotatable bonds is 4. The summed E-state index contributed by atoms with van der Waals surface area (Å²) in [6.45, 7) is 16.7. The standard InChI is InChI=1S/C15H27NO/c1-7-14(12(3)4)16(8-2)13-9-10-17-15(5,6)11-13/h7,13H,1,8-11H2,2-6H3. The first-order valence-electron chi connectivity index (χ1n) is 6.61. The molecule has 2 nitrogen and oxygen atoms in total. The quantitative estimate of drug-likeness (QED) is 0.691. The summed E-state index contributed by atoms with van der Waals surface area (Å²) in [4.78, 5) is 2.48. The van der Waals surface area contributed by atoms with Crippen LogP contribution in [0.4, 0.5) is 0 Å². The smallest absolute Gasteiger partial charge is 0.0646 e. The number of likely N-dealkylation sites (N-methyl/N-ethyl adjacent to an activating group) is 1. The van der Waals surface area contributed by atoms with Crippen molar-refractivity contribution in [3.05, 3.63) is 23.9 Å². The molecule has 0 amide bonds. The molecule has 2 heteroatoms. The average Bonchev–Trinajstić information content (AvgIpc) is 2.23. The molecule has 1 atom stereocenters. The van der Waals surface area contributed by atoms with E-state index >= 15 is 0 Å². The van der Waals surface area contributed by atoms with Gasteiger partial charge in [-0.1, -0.05) is 12.2 Å². The van der Waals surface area contributed by atoms with Crippen molar-refractivity contribution in [1.29, 1.82) is 0 Å². The van der Waals surface area contributed by atoms with E-state index < -0.39 is 0 Å². The topological polar surface area (TPSA) is 12.5 Å². The maximum Gasteiger partial charge on any atom is 0.0646 e. The molecule has 0 radical (unpaired) electrons. The Kier molecular flexibility index (Phi) is 4.81. The summed E-state index contributed by atoms with van der Waals surface area (Å²) >= 11 is 0. The van der Waals surface area contributed by atoms with Gasteiger partial charge in [-0.3, -0.25) is 0 Å². The molecule has 0 saturated carbocycles. The molecule has 98 valence electrons. The first-order chi connectivity index (χ1) is 7.91. The van der Waals surface area contributed by atoms with Crippen LogP contribution in [0.1, 0.15) is 47.5 Å². The Bertz CT molecular complexity index is 300. The second kappa shape index (κ2) is 5.72. The van der Waals surface area contributed by atoms with E-state index in [2.05, 4.69) is 46.1 Å². The van der Waals surface area contributed by atoms with Crippen molar-refractivity contribution in [3.8, 4) is 0 Å². The predicted octanol–water partition coefficient (Wildman–Crippen LogP) is 3.75. The maximum atomic E-state index is 5.80. The zero-order valence-electron chi connectivity index (χ0n) is 12.0. The summed E-state index contributed by atoms with van der Waals surface area (Å²) in [6.07, 6.45) is 4.19. The second-order valence-corrected chi connectivity index (χ2v) is 5.63. The second-order valence-electron chi connectivity index (χ2n) is 5.63. The van der Waals surface area contributed by atoms with Crippen LogP contribution in [-0.2, 0) is 4.74 Å². The lowest BCUT2D eigenvalue weighted by Crippen LogP contribution is -2.45. The van der Waals surface area contributed by atoms with Crippen molar-refractivity contribution < 1.29 is 4.74 Å². The van der Waals surface area contributed by atoms with Gasteiger partial charge in [0, 0.05) is 24.9 Å². The van der Waals surface area contributed by atoms with Gasteiger partial charge in [-0.2, -0.15) is 0 Å². The van der Waals surface area contributed by atoms with Crippen LogP contribution in [0, 0.1) is 0 Å². The van der Waals surface area contributed by atoms with Crippen LogP contribution in [-0.4, -0.2) is 29.7 Å². The monoisotopic (exact) mass is 237 g/mol. The van der Waals surface area contributed by atoms with Gasteiger partial charge in [0.05, 0.1) is 5.60 Å². The lowest BCUT2D eigenvalue weighted by Gasteiger charge is -2.42. The summed E-state index contributed by atoms with van der Waals surface area (Å²) in [5, 5.41) is 0. The van der Waals surface area contributed by atoms with Crippen molar-refractivity contribution in [1.82, 2.24) is 4.90 Å². The summed E-state index contributed by atoms with van der Waals surface area (Å²) in [5.41, 5.74) is 2.63. The Labute approximate surface area is 106 Å². The summed E-state index contributed by atoms with van der Waals surface area (Å²) in [7, 11) is 0. The third kappa shape index (κ3) is 3.60. The van der Waals surface area contributed by atoms with Gasteiger partial charge in [-0.05, 0) is 53.5 Å². The van der Waals surface area contributed by atoms with Crippen molar-refractivity contribution in [2.45, 2.75) is 59.1 Å². The van der Waals surface area contributed by atoms with Crippen molar-refractivity contribution in [2.24, 2.45) is 0 Å². The van der Waals surface area contributed by atoms with Crippen molar-refractivity contribution in [2.75, 3.05) is 13.2 Å². The summed E-state index contributed by atoms with van der Waals surface area (Å²) < 4.78 is 5.80. The van der Waals surface area contributed by atoms with Gasteiger partial charge in [0.1, 0.15) is 0 Å². The molecule has 0 aromatic rings. The Morgan fingerprint density at radius 3 is 2.53 bits per heavy atom. The molecule has 0 N–H and O–H groups in total. The van der Waals surface area contributed by atoms with Gasteiger partial charge in [-0.25, -0.2) is 0 Å². The van der Waals surface area contributed by atoms with Gasteiger partial charge in [0.2, 0.25) is 0 Å². The number of allylic oxidation sites excluding steroid dienone is 2. The van der Waals surface area contributed by atoms with E-state index in [1.807, 2.05) is 6.08 Å². The number of hydrogen-bond donors (Lipinski definition) is 0. The highest BCUT2D eigenvalue weighted by Gasteiger charge is 2.32. The highest BCUT2D eigenvalue weighted by atomic mass is 16.5. The minimum absolute atomic E-state index is 0.00423. The van der Waals surface area contributed by atoms with E-state index in [9.17, 15) is 0 Å². The third-order valence-electron chi connectivity index (χ3n) is 3.47. The zero-order chi connectivity index (χ0) is 13.1. The van der Waals surface area contributed by atoms with Crippen LogP contribution >= 0.6 is 0 Å². The minimum Gasteiger partial charge on any atom is -0.375 e. The lowest BCUT2D eigenvalue weighted by molar-refractivity contribution is -0.0778. The number of hydrogen-bond acceptors (Lipinski definition) is 2. The van der Waals surface area contributed by atoms with Crippen LogP contribution < -0.4 is 0 Å². The zero-order valence-corrected chi connectivity index (χ0v) is 12.0. The Morgan fingerprint density at radius 1 is 1.47 bits per heavy atom. The molecule has 1 unspecified atom stereocenters. The summed E-state index contributed by atoms with van der Waals surface area (Å²) in [6, 6.07) is 0.576. The fourth-order valence-electron chi connectivity index (χ4n) is 2.70. The van der Waals surface area contributed by atoms with E-state index in [1.54, 1.807) is 0 Å². The Hall–Kier alpha value is -0.760. The molecule has 1 aliphatic heterocycles. The van der Waals surface area contributed by atoms with Crippen molar-refractivity contribution in [3.63, 3.8) is 0 Å². The predicted molar refractivity (Wildman–Crippen MR) is 74.0 cm³/mol. The van der Waals surface area contributed by atoms with Crippen LogP contribution in [0.5, 0.6) is 0 Å². The highest BCUT2D eigenvalue weighted by molar-refractivity contribution is 5.21. The molecule has 1 heterocycles. The van der Waals surface area contributed by atoms with Crippen LogP contribution in [0.2, 0.25) is 0 Å². The van der Waals surface area contributed by atoms with Crippen molar-refractivity contribution >= 4 is 0 Å². The number of nitrogens with zero attached hydrogens (tertiary/aromatic N) is 1. The van der Waals surface area contributed by atoms with Crippen LogP contribution in [0.3, 0.4) is 0 Å². The molecule has 0 aliphatic carbocycles. The molecular formula is C15H27NO. The SMILES string of the molecule is C=CC(=C(C)C)N(CC)C1CCOC(C)(C)C1. The first kappa shape index (κ1) is 14.3. The molecule has 0 aromatic heterocycles. The molecule has 1 aliphatic rings. The van der Waals surface area contributed by atoms with Gasteiger partial charge in [0.15, 0.2) is 0 Å². The van der Waals surface area contributed by atoms with E-state index in [0.29, 0.717) is 6.04 Å². The van der Waals surface area contributed by atoms with E-state index in [4.69, 9.17) is 4.74 Å². The van der Waals surface area contributed by atoms with Gasteiger partial charge in [0.25, 0.3) is 0 Å². The van der Waals surface area contributed by atoms with E-state index in [-0.39, 0.29) is 5.60 Å². The molecule has 0 bridgehead atoms. The molecule has 1 rings (SSSR count). The lowest BCUT2D eigenvalue weighted by atomic mass is 9.92. The van der Waals surface area contributed by atoms with Crippen LogP contribution in [0.25, 0.3) is 0 Å². The molecular weight excluding hydrogens is 210 g/mol. The maximum absolute atomic E-state index is 5.80. The molecule has 1 fully saturated rings. The normalized spacial score (nSPS) is 23.0.